The van der Waals surface area contributed by atoms with Gasteiger partial charge in [-0.1, -0.05) is 93.9 Å². The Bertz CT molecular complexity index is 1350. The third-order valence-corrected chi connectivity index (χ3v) is 7.73. The van der Waals surface area contributed by atoms with E-state index in [1.807, 2.05) is 6.07 Å². The van der Waals surface area contributed by atoms with Crippen LogP contribution in [-0.2, 0) is 19.6 Å². The van der Waals surface area contributed by atoms with Crippen molar-refractivity contribution in [1.82, 2.24) is 19.4 Å². The van der Waals surface area contributed by atoms with Crippen molar-refractivity contribution in [3.63, 3.8) is 0 Å². The van der Waals surface area contributed by atoms with Crippen LogP contribution in [0.25, 0.3) is 22.6 Å². The van der Waals surface area contributed by atoms with Crippen LogP contribution in [0.15, 0.2) is 78.9 Å². The molecule has 0 atom stereocenters. The van der Waals surface area contributed by atoms with Crippen LogP contribution < -0.4 is 9.47 Å². The minimum absolute atomic E-state index is 0.295. The summed E-state index contributed by atoms with van der Waals surface area (Å²) in [6.07, 6.45) is 2.24. The Kier molecular flexibility index (Phi) is 9.53. The first-order valence-corrected chi connectivity index (χ1v) is 14.7. The number of rotatable bonds is 14. The van der Waals surface area contributed by atoms with Crippen LogP contribution in [0.3, 0.4) is 0 Å². The minimum Gasteiger partial charge on any atom is -0.454 e. The van der Waals surface area contributed by atoms with Gasteiger partial charge in [0.25, 0.3) is 0 Å². The highest BCUT2D eigenvalue weighted by Gasteiger charge is 2.23. The first kappa shape index (κ1) is 27.9. The number of unbranched alkanes of at least 4 members (excludes halogenated alkanes) is 1. The third-order valence-electron chi connectivity index (χ3n) is 7.73. The molecule has 0 fully saturated rings. The van der Waals surface area contributed by atoms with Crippen LogP contribution in [0.5, 0.6) is 11.5 Å². The fourth-order valence-corrected chi connectivity index (χ4v) is 5.38. The molecule has 1 aliphatic rings. The highest BCUT2D eigenvalue weighted by Crippen LogP contribution is 2.34. The number of ether oxygens (including phenoxy) is 2. The van der Waals surface area contributed by atoms with Crippen LogP contribution >= 0.6 is 0 Å². The van der Waals surface area contributed by atoms with E-state index < -0.39 is 0 Å². The summed E-state index contributed by atoms with van der Waals surface area (Å²) in [5.74, 6) is 2.72. The van der Waals surface area contributed by atoms with Gasteiger partial charge < -0.3 is 18.9 Å². The first-order chi connectivity index (χ1) is 19.7. The predicted molar refractivity (Wildman–Crippen MR) is 162 cm³/mol. The molecule has 0 bridgehead atoms. The number of imidazole rings is 1. The lowest BCUT2D eigenvalue weighted by molar-refractivity contribution is 0.173. The Morgan fingerprint density at radius 2 is 1.43 bits per heavy atom. The Morgan fingerprint density at radius 1 is 0.750 bits per heavy atom. The maximum Gasteiger partial charge on any atom is 0.231 e. The zero-order valence-electron chi connectivity index (χ0n) is 24.2. The van der Waals surface area contributed by atoms with Gasteiger partial charge in [0.15, 0.2) is 11.5 Å². The molecule has 5 rings (SSSR count). The molecule has 1 aliphatic heterocycles. The molecule has 210 valence electrons. The number of hydrogen-bond acceptors (Lipinski definition) is 5. The summed E-state index contributed by atoms with van der Waals surface area (Å²) >= 11 is 0. The summed E-state index contributed by atoms with van der Waals surface area (Å²) in [5, 5.41) is 0. The van der Waals surface area contributed by atoms with Crippen molar-refractivity contribution in [2.24, 2.45) is 0 Å². The monoisotopic (exact) mass is 538 g/mol. The number of aromatic nitrogens is 2. The SMILES string of the molecule is CCCCn1c(-c2ccccc2)nc(-c2ccccc2)c1CN(CCN(CC)CC)Cc1ccc2c(c1)OCO2. The van der Waals surface area contributed by atoms with Crippen LogP contribution in [0.1, 0.15) is 44.9 Å². The van der Waals surface area contributed by atoms with Gasteiger partial charge in [0.1, 0.15) is 5.82 Å². The van der Waals surface area contributed by atoms with E-state index in [2.05, 4.69) is 108 Å². The molecule has 0 saturated heterocycles. The van der Waals surface area contributed by atoms with Crippen molar-refractivity contribution < 1.29 is 9.47 Å². The maximum absolute atomic E-state index is 5.70. The molecule has 40 heavy (non-hydrogen) atoms. The summed E-state index contributed by atoms with van der Waals surface area (Å²) in [5.41, 5.74) is 5.91. The van der Waals surface area contributed by atoms with Crippen molar-refractivity contribution in [2.75, 3.05) is 33.0 Å². The Labute approximate surface area is 239 Å². The van der Waals surface area contributed by atoms with Crippen molar-refractivity contribution in [3.8, 4) is 34.1 Å². The maximum atomic E-state index is 5.70. The third kappa shape index (κ3) is 6.57. The standard InChI is InChI=1S/C34H42N4O2/c1-4-7-20-38-30(33(28-14-10-8-11-15-28)35-34(38)29-16-12-9-13-17-29)25-37(22-21-36(5-2)6-3)24-27-18-19-31-32(23-27)40-26-39-31/h8-19,23H,4-7,20-22,24-26H2,1-3H3. The molecule has 0 radical (unpaired) electrons. The largest absolute Gasteiger partial charge is 0.454 e. The second kappa shape index (κ2) is 13.6. The molecule has 0 amide bonds. The topological polar surface area (TPSA) is 42.8 Å². The number of fused-ring (bicyclic) bond motifs is 1. The molecule has 0 spiro atoms. The molecule has 2 heterocycles. The molecule has 0 unspecified atom stereocenters. The average molecular weight is 539 g/mol. The van der Waals surface area contributed by atoms with E-state index in [9.17, 15) is 0 Å². The number of likely N-dealkylation sites (N-methyl/N-ethyl adjacent to an activating group) is 1. The lowest BCUT2D eigenvalue weighted by Crippen LogP contribution is -2.35. The molecule has 0 N–H and O–H groups in total. The van der Waals surface area contributed by atoms with E-state index in [1.165, 1.54) is 11.3 Å². The number of nitrogens with zero attached hydrogens (tertiary/aromatic N) is 4. The molecule has 0 aliphatic carbocycles. The molecule has 4 aromatic rings. The summed E-state index contributed by atoms with van der Waals surface area (Å²) < 4.78 is 13.7. The van der Waals surface area contributed by atoms with Gasteiger partial charge in [-0.15, -0.1) is 0 Å². The van der Waals surface area contributed by atoms with E-state index in [0.717, 1.165) is 92.8 Å². The van der Waals surface area contributed by atoms with Gasteiger partial charge in [0.2, 0.25) is 6.79 Å². The van der Waals surface area contributed by atoms with E-state index in [0.29, 0.717) is 6.79 Å². The zero-order valence-corrected chi connectivity index (χ0v) is 24.2. The van der Waals surface area contributed by atoms with Gasteiger partial charge in [-0.05, 0) is 37.2 Å². The van der Waals surface area contributed by atoms with Crippen molar-refractivity contribution in [2.45, 2.75) is 53.2 Å². The molecule has 1 aromatic heterocycles. The Morgan fingerprint density at radius 3 is 2.12 bits per heavy atom. The summed E-state index contributed by atoms with van der Waals surface area (Å²) in [6.45, 7) is 13.7. The molecule has 0 saturated carbocycles. The second-order valence-electron chi connectivity index (χ2n) is 10.4. The molecular formula is C34H42N4O2. The minimum atomic E-state index is 0.295. The lowest BCUT2D eigenvalue weighted by Gasteiger charge is -2.27. The van der Waals surface area contributed by atoms with E-state index >= 15 is 0 Å². The smallest absolute Gasteiger partial charge is 0.231 e. The second-order valence-corrected chi connectivity index (χ2v) is 10.4. The molecule has 6 nitrogen and oxygen atoms in total. The van der Waals surface area contributed by atoms with Crippen LogP contribution in [0.4, 0.5) is 0 Å². The van der Waals surface area contributed by atoms with Gasteiger partial charge >= 0.3 is 0 Å². The quantitative estimate of drug-likeness (QED) is 0.171. The zero-order chi connectivity index (χ0) is 27.7. The van der Waals surface area contributed by atoms with Gasteiger partial charge in [-0.3, -0.25) is 4.90 Å². The number of benzene rings is 3. The van der Waals surface area contributed by atoms with Crippen LogP contribution in [0.2, 0.25) is 0 Å². The Hall–Kier alpha value is -3.61. The normalized spacial score (nSPS) is 12.5. The average Bonchev–Trinajstić information content (AvgIpc) is 3.61. The fourth-order valence-electron chi connectivity index (χ4n) is 5.38. The summed E-state index contributed by atoms with van der Waals surface area (Å²) in [7, 11) is 0. The number of hydrogen-bond donors (Lipinski definition) is 0. The van der Waals surface area contributed by atoms with Gasteiger partial charge in [0.05, 0.1) is 11.4 Å². The van der Waals surface area contributed by atoms with E-state index in [-0.39, 0.29) is 0 Å². The summed E-state index contributed by atoms with van der Waals surface area (Å²) in [6, 6.07) is 27.6. The van der Waals surface area contributed by atoms with Gasteiger partial charge in [-0.2, -0.15) is 0 Å². The Balaban J connectivity index is 1.55. The van der Waals surface area contributed by atoms with E-state index in [1.54, 1.807) is 0 Å². The van der Waals surface area contributed by atoms with Crippen LogP contribution in [-0.4, -0.2) is 52.3 Å². The van der Waals surface area contributed by atoms with Crippen molar-refractivity contribution >= 4 is 0 Å². The van der Waals surface area contributed by atoms with Gasteiger partial charge in [0, 0.05) is 43.9 Å². The molecular weight excluding hydrogens is 496 g/mol. The van der Waals surface area contributed by atoms with Gasteiger partial charge in [-0.25, -0.2) is 4.98 Å². The molecule has 6 heteroatoms. The van der Waals surface area contributed by atoms with Crippen molar-refractivity contribution in [1.29, 1.82) is 0 Å². The highest BCUT2D eigenvalue weighted by atomic mass is 16.7. The highest BCUT2D eigenvalue weighted by molar-refractivity contribution is 5.68. The fraction of sp³-hybridized carbons (Fsp3) is 0.382. The predicted octanol–water partition coefficient (Wildman–Crippen LogP) is 7.09. The van der Waals surface area contributed by atoms with E-state index in [4.69, 9.17) is 14.5 Å². The molecule has 3 aromatic carbocycles. The summed E-state index contributed by atoms with van der Waals surface area (Å²) in [4.78, 5) is 10.4. The van der Waals surface area contributed by atoms with Crippen LogP contribution in [0, 0.1) is 0 Å². The van der Waals surface area contributed by atoms with Crippen molar-refractivity contribution in [3.05, 3.63) is 90.1 Å². The lowest BCUT2D eigenvalue weighted by atomic mass is 10.1. The first-order valence-electron chi connectivity index (χ1n) is 14.7.